The van der Waals surface area contributed by atoms with Crippen molar-refractivity contribution in [3.8, 4) is 0 Å². The fourth-order valence-electron chi connectivity index (χ4n) is 1.47. The quantitative estimate of drug-likeness (QED) is 0.741. The highest BCUT2D eigenvalue weighted by Crippen LogP contribution is 2.29. The fourth-order valence-corrected chi connectivity index (χ4v) is 4.05. The minimum atomic E-state index is -3.90. The van der Waals surface area contributed by atoms with Crippen molar-refractivity contribution in [2.45, 2.75) is 4.90 Å². The second kappa shape index (κ2) is 6.01. The number of hydrogen-bond donors (Lipinski definition) is 1. The maximum atomic E-state index is 13.2. The molecule has 0 aliphatic rings. The minimum absolute atomic E-state index is 0.0689. The van der Waals surface area contributed by atoms with Crippen molar-refractivity contribution in [2.75, 3.05) is 4.72 Å². The molecule has 0 amide bonds. The molecule has 0 aromatic heterocycles. The Morgan fingerprint density at radius 2 is 1.80 bits per heavy atom. The van der Waals surface area contributed by atoms with E-state index in [1.54, 1.807) is 6.07 Å². The molecule has 0 aliphatic heterocycles. The smallest absolute Gasteiger partial charge is 0.263 e. The zero-order valence-electron chi connectivity index (χ0n) is 9.70. The summed E-state index contributed by atoms with van der Waals surface area (Å²) < 4.78 is 41.0. The molecule has 3 nitrogen and oxygen atoms in total. The third kappa shape index (κ3) is 3.52. The Bertz CT molecular complexity index is 768. The van der Waals surface area contributed by atoms with Crippen LogP contribution in [-0.2, 0) is 10.0 Å². The zero-order chi connectivity index (χ0) is 14.9. The lowest BCUT2D eigenvalue weighted by Gasteiger charge is -2.11. The van der Waals surface area contributed by atoms with Crippen molar-refractivity contribution in [3.05, 3.63) is 56.2 Å². The van der Waals surface area contributed by atoms with Crippen molar-refractivity contribution in [1.82, 2.24) is 0 Å². The van der Waals surface area contributed by atoms with Crippen LogP contribution in [0.25, 0.3) is 0 Å². The molecule has 0 spiro atoms. The summed E-state index contributed by atoms with van der Waals surface area (Å²) in [6.07, 6.45) is 0. The van der Waals surface area contributed by atoms with Gasteiger partial charge in [-0.05, 0) is 52.3 Å². The Kier molecular flexibility index (Phi) is 4.73. The summed E-state index contributed by atoms with van der Waals surface area (Å²) in [6.45, 7) is 0. The van der Waals surface area contributed by atoms with Crippen molar-refractivity contribution in [2.24, 2.45) is 0 Å². The van der Waals surface area contributed by atoms with Crippen LogP contribution in [0.3, 0.4) is 0 Å². The van der Waals surface area contributed by atoms with Crippen molar-refractivity contribution >= 4 is 59.2 Å². The Balaban J connectivity index is 2.43. The van der Waals surface area contributed by atoms with Gasteiger partial charge in [0.25, 0.3) is 10.0 Å². The molecule has 0 bridgehead atoms. The molecule has 0 heterocycles. The van der Waals surface area contributed by atoms with Gasteiger partial charge in [0.1, 0.15) is 10.7 Å². The fraction of sp³-hybridized carbons (Fsp3) is 0. The molecule has 0 atom stereocenters. The monoisotopic (exact) mass is 441 g/mol. The number of hydrogen-bond acceptors (Lipinski definition) is 2. The predicted octanol–water partition coefficient (Wildman–Crippen LogP) is 4.80. The maximum absolute atomic E-state index is 13.2. The molecule has 2 aromatic rings. The third-order valence-electron chi connectivity index (χ3n) is 2.36. The van der Waals surface area contributed by atoms with E-state index in [0.29, 0.717) is 8.95 Å². The summed E-state index contributed by atoms with van der Waals surface area (Å²) in [5.74, 6) is -0.548. The Hall–Kier alpha value is -0.630. The van der Waals surface area contributed by atoms with Crippen LogP contribution in [0.1, 0.15) is 0 Å². The van der Waals surface area contributed by atoms with Crippen LogP contribution in [-0.4, -0.2) is 8.42 Å². The summed E-state index contributed by atoms with van der Waals surface area (Å²) in [5, 5.41) is 0.0689. The highest BCUT2D eigenvalue weighted by Gasteiger charge is 2.19. The van der Waals surface area contributed by atoms with Crippen LogP contribution in [0.4, 0.5) is 10.1 Å². The van der Waals surface area contributed by atoms with Gasteiger partial charge in [0.05, 0.1) is 10.7 Å². The topological polar surface area (TPSA) is 46.2 Å². The van der Waals surface area contributed by atoms with Gasteiger partial charge in [-0.3, -0.25) is 4.72 Å². The van der Waals surface area contributed by atoms with Crippen molar-refractivity contribution in [1.29, 1.82) is 0 Å². The first kappa shape index (κ1) is 15.8. The molecule has 0 unspecified atom stereocenters. The van der Waals surface area contributed by atoms with Gasteiger partial charge in [-0.2, -0.15) is 0 Å². The molecule has 0 saturated heterocycles. The number of sulfonamides is 1. The first-order valence-electron chi connectivity index (χ1n) is 5.22. The Morgan fingerprint density at radius 3 is 2.45 bits per heavy atom. The van der Waals surface area contributed by atoms with Crippen molar-refractivity contribution < 1.29 is 12.8 Å². The summed E-state index contributed by atoms with van der Waals surface area (Å²) in [5.41, 5.74) is 0.101. The summed E-state index contributed by atoms with van der Waals surface area (Å²) in [6, 6.07) is 8.10. The first-order valence-corrected chi connectivity index (χ1v) is 8.67. The number of rotatable bonds is 3. The summed E-state index contributed by atoms with van der Waals surface area (Å²) >= 11 is 12.3. The molecule has 0 aliphatic carbocycles. The molecule has 106 valence electrons. The zero-order valence-corrected chi connectivity index (χ0v) is 14.4. The molecule has 2 aromatic carbocycles. The normalized spacial score (nSPS) is 11.4. The molecule has 0 radical (unpaired) electrons. The van der Waals surface area contributed by atoms with E-state index in [0.717, 1.165) is 6.07 Å². The third-order valence-corrected chi connectivity index (χ3v) is 5.39. The second-order valence-corrected chi connectivity index (χ2v) is 7.63. The number of halogens is 4. The van der Waals surface area contributed by atoms with E-state index < -0.39 is 15.8 Å². The number of nitrogens with one attached hydrogen (secondary N) is 1. The van der Waals surface area contributed by atoms with E-state index in [2.05, 4.69) is 36.6 Å². The van der Waals surface area contributed by atoms with Gasteiger partial charge in [0.15, 0.2) is 0 Å². The van der Waals surface area contributed by atoms with Gasteiger partial charge in [0, 0.05) is 8.95 Å². The molecule has 20 heavy (non-hydrogen) atoms. The Morgan fingerprint density at radius 1 is 1.10 bits per heavy atom. The molecule has 1 N–H and O–H groups in total. The second-order valence-electron chi connectivity index (χ2n) is 3.80. The van der Waals surface area contributed by atoms with E-state index in [4.69, 9.17) is 11.6 Å². The molecular formula is C12H7Br2ClFNO2S. The molecule has 2 rings (SSSR count). The lowest BCUT2D eigenvalue weighted by atomic mass is 10.3. The average Bonchev–Trinajstić information content (AvgIpc) is 2.33. The van der Waals surface area contributed by atoms with Crippen LogP contribution in [0.2, 0.25) is 5.02 Å². The van der Waals surface area contributed by atoms with Gasteiger partial charge in [-0.15, -0.1) is 0 Å². The Labute approximate surface area is 137 Å². The molecular weight excluding hydrogens is 436 g/mol. The van der Waals surface area contributed by atoms with E-state index in [-0.39, 0.29) is 15.6 Å². The molecule has 8 heteroatoms. The van der Waals surface area contributed by atoms with Crippen LogP contribution in [0.15, 0.2) is 50.2 Å². The van der Waals surface area contributed by atoms with Crippen LogP contribution < -0.4 is 4.72 Å². The van der Waals surface area contributed by atoms with Gasteiger partial charge in [-0.1, -0.05) is 27.5 Å². The number of anilines is 1. The summed E-state index contributed by atoms with van der Waals surface area (Å²) in [7, 11) is -3.90. The van der Waals surface area contributed by atoms with Gasteiger partial charge >= 0.3 is 0 Å². The standard InChI is InChI=1S/C12H7Br2ClFNO2S/c13-7-1-4-12(10(15)5-7)20(18,19)17-11-6-8(16)2-3-9(11)14/h1-6,17H. The minimum Gasteiger partial charge on any atom is -0.278 e. The van der Waals surface area contributed by atoms with Crippen LogP contribution in [0.5, 0.6) is 0 Å². The lowest BCUT2D eigenvalue weighted by molar-refractivity contribution is 0.601. The SMILES string of the molecule is O=S(=O)(Nc1cc(F)ccc1Br)c1ccc(Br)cc1Cl. The highest BCUT2D eigenvalue weighted by atomic mass is 79.9. The maximum Gasteiger partial charge on any atom is 0.263 e. The largest absolute Gasteiger partial charge is 0.278 e. The number of benzene rings is 2. The van der Waals surface area contributed by atoms with Gasteiger partial charge in [0.2, 0.25) is 0 Å². The molecule has 0 fully saturated rings. The highest BCUT2D eigenvalue weighted by molar-refractivity contribution is 9.10. The van der Waals surface area contributed by atoms with E-state index >= 15 is 0 Å². The predicted molar refractivity (Wildman–Crippen MR) is 84.1 cm³/mol. The lowest BCUT2D eigenvalue weighted by Crippen LogP contribution is -2.14. The molecule has 0 saturated carbocycles. The van der Waals surface area contributed by atoms with E-state index in [9.17, 15) is 12.8 Å². The van der Waals surface area contributed by atoms with Gasteiger partial charge < -0.3 is 0 Å². The van der Waals surface area contributed by atoms with E-state index in [1.165, 1.54) is 24.3 Å². The average molecular weight is 444 g/mol. The van der Waals surface area contributed by atoms with Crippen LogP contribution >= 0.6 is 43.5 Å². The van der Waals surface area contributed by atoms with Crippen molar-refractivity contribution in [3.63, 3.8) is 0 Å². The van der Waals surface area contributed by atoms with E-state index in [1.807, 2.05) is 0 Å². The summed E-state index contributed by atoms with van der Waals surface area (Å²) in [4.78, 5) is -0.0847. The van der Waals surface area contributed by atoms with Gasteiger partial charge in [-0.25, -0.2) is 12.8 Å². The van der Waals surface area contributed by atoms with Crippen LogP contribution in [0, 0.1) is 5.82 Å². The first-order chi connectivity index (χ1) is 9.29.